The summed E-state index contributed by atoms with van der Waals surface area (Å²) in [5.74, 6) is 0.623. The van der Waals surface area contributed by atoms with E-state index in [1.807, 2.05) is 0 Å². The monoisotopic (exact) mass is 266 g/mol. The molecule has 1 rings (SSSR count). The van der Waals surface area contributed by atoms with Gasteiger partial charge in [-0.25, -0.2) is 0 Å². The Morgan fingerprint density at radius 3 is 1.78 bits per heavy atom. The molecule has 1 heteroatoms. The van der Waals surface area contributed by atoms with Crippen molar-refractivity contribution < 1.29 is 0 Å². The molecule has 0 bridgehead atoms. The van der Waals surface area contributed by atoms with E-state index < -0.39 is 0 Å². The van der Waals surface area contributed by atoms with Crippen LogP contribution in [-0.4, -0.2) is 0 Å². The Balaban J connectivity index is 2.00. The van der Waals surface area contributed by atoms with E-state index >= 15 is 0 Å². The Morgan fingerprint density at radius 2 is 1.22 bits per heavy atom. The quantitative estimate of drug-likeness (QED) is 0.354. The topological polar surface area (TPSA) is 0 Å². The maximum atomic E-state index is 5.78. The Labute approximate surface area is 118 Å². The van der Waals surface area contributed by atoms with E-state index in [0.717, 1.165) is 0 Å². The van der Waals surface area contributed by atoms with Crippen molar-refractivity contribution in [3.63, 3.8) is 0 Å². The van der Waals surface area contributed by atoms with Gasteiger partial charge in [-0.1, -0.05) is 76.1 Å². The van der Waals surface area contributed by atoms with Gasteiger partial charge in [0.2, 0.25) is 0 Å². The van der Waals surface area contributed by atoms with Gasteiger partial charge in [0.25, 0.3) is 0 Å². The van der Waals surface area contributed by atoms with Gasteiger partial charge in [0, 0.05) is 5.88 Å². The van der Waals surface area contributed by atoms with E-state index in [1.165, 1.54) is 68.9 Å². The Kier molecular flexibility index (Phi) is 9.02. The third-order valence-corrected chi connectivity index (χ3v) is 3.80. The summed E-state index contributed by atoms with van der Waals surface area (Å²) in [5.41, 5.74) is 2.67. The lowest BCUT2D eigenvalue weighted by Crippen LogP contribution is -1.87. The number of hydrogen-bond acceptors (Lipinski definition) is 0. The molecule has 0 fully saturated rings. The zero-order chi connectivity index (χ0) is 13.1. The molecule has 0 nitrogen and oxygen atoms in total. The Bertz CT molecular complexity index is 289. The SMILES string of the molecule is CCCCCCCCCCc1ccc(CCl)cc1. The van der Waals surface area contributed by atoms with Gasteiger partial charge in [0.1, 0.15) is 0 Å². The van der Waals surface area contributed by atoms with Gasteiger partial charge in [-0.15, -0.1) is 11.6 Å². The third-order valence-electron chi connectivity index (χ3n) is 3.50. The maximum Gasteiger partial charge on any atom is 0.0474 e. The molecule has 0 aliphatic carbocycles. The highest BCUT2D eigenvalue weighted by atomic mass is 35.5. The van der Waals surface area contributed by atoms with Crippen molar-refractivity contribution >= 4 is 11.6 Å². The van der Waals surface area contributed by atoms with E-state index in [4.69, 9.17) is 11.6 Å². The lowest BCUT2D eigenvalue weighted by Gasteiger charge is -2.03. The van der Waals surface area contributed by atoms with E-state index in [2.05, 4.69) is 31.2 Å². The van der Waals surface area contributed by atoms with Crippen LogP contribution in [0.1, 0.15) is 69.4 Å². The minimum Gasteiger partial charge on any atom is -0.122 e. The van der Waals surface area contributed by atoms with Crippen LogP contribution in [0.15, 0.2) is 24.3 Å². The fourth-order valence-corrected chi connectivity index (χ4v) is 2.44. The molecule has 0 heterocycles. The standard InChI is InChI=1S/C17H27Cl/c1-2-3-4-5-6-7-8-9-10-16-11-13-17(15-18)14-12-16/h11-14H,2-10,15H2,1H3. The first-order chi connectivity index (χ1) is 8.86. The minimum atomic E-state index is 0.623. The molecule has 0 aromatic heterocycles. The molecule has 1 aromatic rings. The van der Waals surface area contributed by atoms with Gasteiger partial charge in [-0.3, -0.25) is 0 Å². The zero-order valence-electron chi connectivity index (χ0n) is 11.8. The molecule has 1 aromatic carbocycles. The second-order valence-electron chi connectivity index (χ2n) is 5.18. The summed E-state index contributed by atoms with van der Waals surface area (Å²) in [7, 11) is 0. The van der Waals surface area contributed by atoms with Crippen LogP contribution >= 0.6 is 11.6 Å². The normalized spacial score (nSPS) is 10.8. The van der Waals surface area contributed by atoms with Crippen LogP contribution in [0, 0.1) is 0 Å². The summed E-state index contributed by atoms with van der Waals surface area (Å²) in [4.78, 5) is 0. The second-order valence-corrected chi connectivity index (χ2v) is 5.44. The number of halogens is 1. The highest BCUT2D eigenvalue weighted by Crippen LogP contribution is 2.12. The van der Waals surface area contributed by atoms with Crippen molar-refractivity contribution in [1.82, 2.24) is 0 Å². The predicted octanol–water partition coefficient (Wildman–Crippen LogP) is 6.11. The molecular formula is C17H27Cl. The van der Waals surface area contributed by atoms with Crippen molar-refractivity contribution in [2.24, 2.45) is 0 Å². The van der Waals surface area contributed by atoms with Gasteiger partial charge >= 0.3 is 0 Å². The summed E-state index contributed by atoms with van der Waals surface area (Å²) in [5, 5.41) is 0. The number of alkyl halides is 1. The van der Waals surface area contributed by atoms with Crippen molar-refractivity contribution in [2.75, 3.05) is 0 Å². The van der Waals surface area contributed by atoms with Crippen molar-refractivity contribution in [3.05, 3.63) is 35.4 Å². The summed E-state index contributed by atoms with van der Waals surface area (Å²) < 4.78 is 0. The van der Waals surface area contributed by atoms with Gasteiger partial charge in [-0.2, -0.15) is 0 Å². The molecule has 0 spiro atoms. The number of aryl methyl sites for hydroxylation is 1. The molecule has 0 atom stereocenters. The molecular weight excluding hydrogens is 240 g/mol. The van der Waals surface area contributed by atoms with Crippen LogP contribution < -0.4 is 0 Å². The van der Waals surface area contributed by atoms with Crippen molar-refractivity contribution in [1.29, 1.82) is 0 Å². The minimum absolute atomic E-state index is 0.623. The Morgan fingerprint density at radius 1 is 0.722 bits per heavy atom. The predicted molar refractivity (Wildman–Crippen MR) is 82.3 cm³/mol. The number of unbranched alkanes of at least 4 members (excludes halogenated alkanes) is 7. The maximum absolute atomic E-state index is 5.78. The van der Waals surface area contributed by atoms with Crippen LogP contribution in [0.5, 0.6) is 0 Å². The average molecular weight is 267 g/mol. The van der Waals surface area contributed by atoms with Crippen molar-refractivity contribution in [2.45, 2.75) is 70.6 Å². The lowest BCUT2D eigenvalue weighted by molar-refractivity contribution is 0.575. The molecule has 0 saturated carbocycles. The molecule has 0 aliphatic heterocycles. The molecule has 0 radical (unpaired) electrons. The van der Waals surface area contributed by atoms with Crippen LogP contribution in [-0.2, 0) is 12.3 Å². The van der Waals surface area contributed by atoms with Crippen LogP contribution in [0.3, 0.4) is 0 Å². The number of benzene rings is 1. The Hall–Kier alpha value is -0.490. The fourth-order valence-electron chi connectivity index (χ4n) is 2.26. The smallest absolute Gasteiger partial charge is 0.0474 e. The van der Waals surface area contributed by atoms with Gasteiger partial charge in [-0.05, 0) is 24.0 Å². The molecule has 0 N–H and O–H groups in total. The molecule has 0 aliphatic rings. The zero-order valence-corrected chi connectivity index (χ0v) is 12.5. The van der Waals surface area contributed by atoms with E-state index in [9.17, 15) is 0 Å². The van der Waals surface area contributed by atoms with Crippen LogP contribution in [0.25, 0.3) is 0 Å². The van der Waals surface area contributed by atoms with E-state index in [1.54, 1.807) is 0 Å². The number of rotatable bonds is 10. The third kappa shape index (κ3) is 7.06. The summed E-state index contributed by atoms with van der Waals surface area (Å²) in [6.07, 6.45) is 12.4. The summed E-state index contributed by atoms with van der Waals surface area (Å²) in [6.45, 7) is 2.27. The molecule has 18 heavy (non-hydrogen) atoms. The molecule has 0 unspecified atom stereocenters. The summed E-state index contributed by atoms with van der Waals surface area (Å²) >= 11 is 5.78. The fraction of sp³-hybridized carbons (Fsp3) is 0.647. The first-order valence-electron chi connectivity index (χ1n) is 7.50. The average Bonchev–Trinajstić information content (AvgIpc) is 2.42. The van der Waals surface area contributed by atoms with Gasteiger partial charge in [0.15, 0.2) is 0 Å². The van der Waals surface area contributed by atoms with Gasteiger partial charge < -0.3 is 0 Å². The molecule has 0 amide bonds. The van der Waals surface area contributed by atoms with E-state index in [0.29, 0.717) is 5.88 Å². The highest BCUT2D eigenvalue weighted by Gasteiger charge is 1.95. The number of hydrogen-bond donors (Lipinski definition) is 0. The first-order valence-corrected chi connectivity index (χ1v) is 8.04. The largest absolute Gasteiger partial charge is 0.122 e. The van der Waals surface area contributed by atoms with Gasteiger partial charge in [0.05, 0.1) is 0 Å². The highest BCUT2D eigenvalue weighted by molar-refractivity contribution is 6.17. The first kappa shape index (κ1) is 15.6. The van der Waals surface area contributed by atoms with Crippen molar-refractivity contribution in [3.8, 4) is 0 Å². The lowest BCUT2D eigenvalue weighted by atomic mass is 10.0. The summed E-state index contributed by atoms with van der Waals surface area (Å²) in [6, 6.07) is 8.73. The molecule has 102 valence electrons. The van der Waals surface area contributed by atoms with Crippen LogP contribution in [0.4, 0.5) is 0 Å². The second kappa shape index (κ2) is 10.4. The van der Waals surface area contributed by atoms with Crippen LogP contribution in [0.2, 0.25) is 0 Å². The van der Waals surface area contributed by atoms with E-state index in [-0.39, 0.29) is 0 Å². The molecule has 0 saturated heterocycles.